The molecule has 0 saturated heterocycles. The Morgan fingerprint density at radius 3 is 1.33 bits per heavy atom. The standard InChI is InChI=1S/C23H31NO.C10H20O/c1-23(2,25)21-13-15-22(16-14-21)24(17-19-9-5-3-6-10-19)18-20-11-7-4-8-12-20;1-8-4-6-9(7-5-8)10(2,3)11/h3-12,21-22,25H,13-18H2,1-2H3;8-9,11H,4-7H2,1-3H3. The Labute approximate surface area is 220 Å². The molecule has 0 heterocycles. The summed E-state index contributed by atoms with van der Waals surface area (Å²) in [5.74, 6) is 1.85. The van der Waals surface area contributed by atoms with Crippen molar-refractivity contribution in [3.05, 3.63) is 71.8 Å². The van der Waals surface area contributed by atoms with Crippen molar-refractivity contribution in [1.29, 1.82) is 0 Å². The first-order valence-electron chi connectivity index (χ1n) is 14.3. The molecule has 0 atom stereocenters. The molecule has 0 aliphatic heterocycles. The predicted molar refractivity (Wildman–Crippen MR) is 152 cm³/mol. The van der Waals surface area contributed by atoms with Gasteiger partial charge >= 0.3 is 0 Å². The van der Waals surface area contributed by atoms with Crippen molar-refractivity contribution in [1.82, 2.24) is 4.90 Å². The highest BCUT2D eigenvalue weighted by Crippen LogP contribution is 2.36. The highest BCUT2D eigenvalue weighted by molar-refractivity contribution is 5.17. The minimum absolute atomic E-state index is 0.430. The number of nitrogens with zero attached hydrogens (tertiary/aromatic N) is 1. The van der Waals surface area contributed by atoms with Crippen LogP contribution in [0.5, 0.6) is 0 Å². The van der Waals surface area contributed by atoms with Crippen molar-refractivity contribution >= 4 is 0 Å². The molecule has 2 aliphatic carbocycles. The van der Waals surface area contributed by atoms with E-state index in [1.54, 1.807) is 0 Å². The molecule has 2 aromatic rings. The summed E-state index contributed by atoms with van der Waals surface area (Å²) in [6.45, 7) is 12.1. The van der Waals surface area contributed by atoms with Crippen LogP contribution >= 0.6 is 0 Å². The van der Waals surface area contributed by atoms with Gasteiger partial charge in [0.15, 0.2) is 0 Å². The third kappa shape index (κ3) is 9.32. The van der Waals surface area contributed by atoms with E-state index in [0.717, 1.165) is 31.8 Å². The summed E-state index contributed by atoms with van der Waals surface area (Å²) in [4.78, 5) is 2.63. The van der Waals surface area contributed by atoms with Crippen LogP contribution in [0.2, 0.25) is 0 Å². The van der Waals surface area contributed by atoms with E-state index in [4.69, 9.17) is 0 Å². The Bertz CT molecular complexity index is 811. The lowest BCUT2D eigenvalue weighted by Gasteiger charge is -2.40. The maximum atomic E-state index is 10.3. The smallest absolute Gasteiger partial charge is 0.0619 e. The van der Waals surface area contributed by atoms with E-state index in [1.807, 2.05) is 27.7 Å². The zero-order valence-corrected chi connectivity index (χ0v) is 23.5. The van der Waals surface area contributed by atoms with Gasteiger partial charge in [-0.15, -0.1) is 0 Å². The number of hydrogen-bond acceptors (Lipinski definition) is 3. The third-order valence-corrected chi connectivity index (χ3v) is 8.68. The van der Waals surface area contributed by atoms with E-state index in [2.05, 4.69) is 72.5 Å². The topological polar surface area (TPSA) is 43.7 Å². The highest BCUT2D eigenvalue weighted by Gasteiger charge is 2.33. The second-order valence-electron chi connectivity index (χ2n) is 12.6. The fraction of sp³-hybridized carbons (Fsp3) is 0.636. The van der Waals surface area contributed by atoms with Crippen LogP contribution in [-0.4, -0.2) is 32.4 Å². The minimum Gasteiger partial charge on any atom is -0.390 e. The van der Waals surface area contributed by atoms with E-state index in [-0.39, 0.29) is 0 Å². The van der Waals surface area contributed by atoms with Gasteiger partial charge in [-0.25, -0.2) is 0 Å². The molecule has 0 bridgehead atoms. The molecule has 3 nitrogen and oxygen atoms in total. The number of aliphatic hydroxyl groups is 2. The number of rotatable bonds is 7. The Hall–Kier alpha value is -1.68. The second-order valence-corrected chi connectivity index (χ2v) is 12.6. The molecule has 2 aliphatic rings. The van der Waals surface area contributed by atoms with Crippen LogP contribution in [0.3, 0.4) is 0 Å². The average molecular weight is 494 g/mol. The Balaban J connectivity index is 0.000000275. The van der Waals surface area contributed by atoms with E-state index >= 15 is 0 Å². The fourth-order valence-electron chi connectivity index (χ4n) is 6.06. The molecular weight excluding hydrogens is 442 g/mol. The quantitative estimate of drug-likeness (QED) is 0.417. The van der Waals surface area contributed by atoms with E-state index in [1.165, 1.54) is 49.7 Å². The Kier molecular flexibility index (Phi) is 10.6. The molecule has 0 unspecified atom stereocenters. The van der Waals surface area contributed by atoms with Gasteiger partial charge in [-0.3, -0.25) is 4.90 Å². The van der Waals surface area contributed by atoms with Crippen LogP contribution < -0.4 is 0 Å². The maximum Gasteiger partial charge on any atom is 0.0619 e. The predicted octanol–water partition coefficient (Wildman–Crippen LogP) is 7.60. The van der Waals surface area contributed by atoms with E-state index < -0.39 is 11.2 Å². The summed E-state index contributed by atoms with van der Waals surface area (Å²) >= 11 is 0. The largest absolute Gasteiger partial charge is 0.390 e. The van der Waals surface area contributed by atoms with Gasteiger partial charge in [0.1, 0.15) is 0 Å². The molecule has 200 valence electrons. The van der Waals surface area contributed by atoms with Crippen LogP contribution in [-0.2, 0) is 13.1 Å². The van der Waals surface area contributed by atoms with Crippen molar-refractivity contribution in [2.24, 2.45) is 17.8 Å². The van der Waals surface area contributed by atoms with Crippen molar-refractivity contribution in [2.45, 2.75) is 116 Å². The van der Waals surface area contributed by atoms with Crippen molar-refractivity contribution in [3.8, 4) is 0 Å². The van der Waals surface area contributed by atoms with Gasteiger partial charge in [0.2, 0.25) is 0 Å². The summed E-state index contributed by atoms with van der Waals surface area (Å²) in [5.41, 5.74) is 1.76. The summed E-state index contributed by atoms with van der Waals surface area (Å²) in [7, 11) is 0. The van der Waals surface area contributed by atoms with Crippen molar-refractivity contribution in [2.75, 3.05) is 0 Å². The molecule has 3 heteroatoms. The summed E-state index contributed by atoms with van der Waals surface area (Å²) in [5, 5.41) is 20.1. The summed E-state index contributed by atoms with van der Waals surface area (Å²) in [6.07, 6.45) is 9.61. The lowest BCUT2D eigenvalue weighted by molar-refractivity contribution is -0.0140. The van der Waals surface area contributed by atoms with Crippen LogP contribution in [0, 0.1) is 17.8 Å². The van der Waals surface area contributed by atoms with E-state index in [9.17, 15) is 10.2 Å². The molecule has 2 fully saturated rings. The van der Waals surface area contributed by atoms with Gasteiger partial charge in [0.05, 0.1) is 11.2 Å². The van der Waals surface area contributed by atoms with Gasteiger partial charge in [0.25, 0.3) is 0 Å². The third-order valence-electron chi connectivity index (χ3n) is 8.68. The molecule has 0 amide bonds. The Morgan fingerprint density at radius 2 is 0.972 bits per heavy atom. The van der Waals surface area contributed by atoms with Crippen LogP contribution in [0.4, 0.5) is 0 Å². The maximum absolute atomic E-state index is 10.3. The number of benzene rings is 2. The zero-order chi connectivity index (χ0) is 26.2. The molecule has 2 N–H and O–H groups in total. The molecule has 2 aromatic carbocycles. The molecular formula is C33H51NO2. The highest BCUT2D eigenvalue weighted by atomic mass is 16.3. The zero-order valence-electron chi connectivity index (χ0n) is 23.5. The first-order valence-corrected chi connectivity index (χ1v) is 14.3. The van der Waals surface area contributed by atoms with Crippen LogP contribution in [0.25, 0.3) is 0 Å². The van der Waals surface area contributed by atoms with E-state index in [0.29, 0.717) is 17.9 Å². The van der Waals surface area contributed by atoms with Crippen LogP contribution in [0.15, 0.2) is 60.7 Å². The van der Waals surface area contributed by atoms with Gasteiger partial charge in [-0.1, -0.05) is 80.4 Å². The fourth-order valence-corrected chi connectivity index (χ4v) is 6.06. The molecule has 2 saturated carbocycles. The van der Waals surface area contributed by atoms with Crippen molar-refractivity contribution in [3.63, 3.8) is 0 Å². The van der Waals surface area contributed by atoms with Gasteiger partial charge < -0.3 is 10.2 Å². The normalized spacial score (nSPS) is 25.2. The van der Waals surface area contributed by atoms with Gasteiger partial charge in [0, 0.05) is 19.1 Å². The van der Waals surface area contributed by atoms with Gasteiger partial charge in [-0.05, 0) is 95.1 Å². The molecule has 4 rings (SSSR count). The lowest BCUT2D eigenvalue weighted by Crippen LogP contribution is -2.41. The number of hydrogen-bond donors (Lipinski definition) is 2. The monoisotopic (exact) mass is 493 g/mol. The SMILES string of the molecule is CC(C)(O)C1CCC(N(Cc2ccccc2)Cc2ccccc2)CC1.CC1CCC(C(C)(C)O)CC1. The first-order chi connectivity index (χ1) is 17.0. The minimum atomic E-state index is -0.547. The Morgan fingerprint density at radius 1 is 0.611 bits per heavy atom. The molecule has 0 spiro atoms. The summed E-state index contributed by atoms with van der Waals surface area (Å²) in [6, 6.07) is 22.2. The average Bonchev–Trinajstić information content (AvgIpc) is 2.85. The molecule has 0 radical (unpaired) electrons. The first kappa shape index (κ1) is 28.9. The van der Waals surface area contributed by atoms with Crippen LogP contribution in [0.1, 0.15) is 97.1 Å². The molecule has 0 aromatic heterocycles. The lowest BCUT2D eigenvalue weighted by atomic mass is 9.75. The summed E-state index contributed by atoms with van der Waals surface area (Å²) < 4.78 is 0. The second kappa shape index (κ2) is 13.2. The van der Waals surface area contributed by atoms with Crippen molar-refractivity contribution < 1.29 is 10.2 Å². The van der Waals surface area contributed by atoms with Gasteiger partial charge in [-0.2, -0.15) is 0 Å². The molecule has 36 heavy (non-hydrogen) atoms.